The number of allylic oxidation sites excluding steroid dienone is 4. The van der Waals surface area contributed by atoms with Gasteiger partial charge in [0.05, 0.1) is 18.8 Å². The normalized spacial score (nSPS) is 12.4. The van der Waals surface area contributed by atoms with Gasteiger partial charge >= 0.3 is 5.97 Å². The first-order chi connectivity index (χ1) is 13.8. The Kier molecular flexibility index (Phi) is 7.98. The van der Waals surface area contributed by atoms with Gasteiger partial charge in [-0.25, -0.2) is 4.39 Å². The van der Waals surface area contributed by atoms with Gasteiger partial charge in [0, 0.05) is 17.7 Å². The van der Waals surface area contributed by atoms with E-state index in [0.29, 0.717) is 40.4 Å². The minimum Gasteiger partial charge on any atom is -0.512 e. The lowest BCUT2D eigenvalue weighted by atomic mass is 10.0. The van der Waals surface area contributed by atoms with Crippen LogP contribution in [0.2, 0.25) is 0 Å². The van der Waals surface area contributed by atoms with Gasteiger partial charge in [0.25, 0.3) is 0 Å². The number of aliphatic hydroxyl groups excluding tert-OH is 1. The molecule has 0 aliphatic heterocycles. The highest BCUT2D eigenvalue weighted by atomic mass is 19.1. The van der Waals surface area contributed by atoms with Crippen molar-refractivity contribution in [2.75, 3.05) is 6.61 Å². The smallest absolute Gasteiger partial charge is 0.310 e. The Morgan fingerprint density at radius 3 is 2.59 bits per heavy atom. The van der Waals surface area contributed by atoms with Gasteiger partial charge in [-0.2, -0.15) is 0 Å². The summed E-state index contributed by atoms with van der Waals surface area (Å²) in [6, 6.07) is 11.5. The first kappa shape index (κ1) is 22.2. The lowest BCUT2D eigenvalue weighted by Crippen LogP contribution is -2.08. The Balaban J connectivity index is 2.32. The molecule has 2 aromatic carbocycles. The summed E-state index contributed by atoms with van der Waals surface area (Å²) in [5.74, 6) is 0.204. The summed E-state index contributed by atoms with van der Waals surface area (Å²) in [7, 11) is 0. The van der Waals surface area contributed by atoms with Gasteiger partial charge in [-0.05, 0) is 62.2 Å². The van der Waals surface area contributed by atoms with Crippen LogP contribution >= 0.6 is 0 Å². The number of hydrogen-bond donors (Lipinski definition) is 2. The fraction of sp³-hybridized carbons (Fsp3) is 0.261. The lowest BCUT2D eigenvalue weighted by molar-refractivity contribution is -0.142. The average Bonchev–Trinajstić information content (AvgIpc) is 2.67. The fourth-order valence-electron chi connectivity index (χ4n) is 2.84. The van der Waals surface area contributed by atoms with Crippen LogP contribution in [-0.4, -0.2) is 17.7 Å². The Bertz CT molecular complexity index is 930. The number of aliphatic hydroxyl groups is 1. The minimum absolute atomic E-state index is 0.0151. The Labute approximate surface area is 170 Å². The van der Waals surface area contributed by atoms with Crippen molar-refractivity contribution in [2.24, 2.45) is 5.73 Å². The van der Waals surface area contributed by atoms with Gasteiger partial charge in [-0.15, -0.1) is 0 Å². The van der Waals surface area contributed by atoms with E-state index < -0.39 is 5.82 Å². The second-order valence-electron chi connectivity index (χ2n) is 6.50. The summed E-state index contributed by atoms with van der Waals surface area (Å²) in [4.78, 5) is 11.8. The van der Waals surface area contributed by atoms with E-state index in [1.165, 1.54) is 19.1 Å². The zero-order valence-electron chi connectivity index (χ0n) is 16.9. The summed E-state index contributed by atoms with van der Waals surface area (Å²) in [5.41, 5.74) is 7.83. The van der Waals surface area contributed by atoms with E-state index in [0.717, 1.165) is 0 Å². The first-order valence-electron chi connectivity index (χ1n) is 9.33. The molecule has 0 heterocycles. The Morgan fingerprint density at radius 1 is 1.21 bits per heavy atom. The van der Waals surface area contributed by atoms with Crippen LogP contribution in [0.15, 0.2) is 60.1 Å². The van der Waals surface area contributed by atoms with Gasteiger partial charge in [-0.1, -0.05) is 18.2 Å². The molecule has 0 aliphatic rings. The van der Waals surface area contributed by atoms with Crippen molar-refractivity contribution in [1.29, 1.82) is 0 Å². The van der Waals surface area contributed by atoms with E-state index in [1.807, 2.05) is 6.07 Å². The number of halogens is 1. The van der Waals surface area contributed by atoms with E-state index in [-0.39, 0.29) is 24.7 Å². The number of carbonyl (C=O) groups is 1. The van der Waals surface area contributed by atoms with Gasteiger partial charge in [0.1, 0.15) is 17.3 Å². The molecule has 2 aromatic rings. The molecule has 0 spiro atoms. The molecule has 3 N–H and O–H groups in total. The number of ether oxygens (including phenoxy) is 2. The summed E-state index contributed by atoms with van der Waals surface area (Å²) >= 11 is 0. The van der Waals surface area contributed by atoms with Crippen LogP contribution in [0.25, 0.3) is 5.57 Å². The molecule has 2 rings (SSSR count). The quantitative estimate of drug-likeness (QED) is 0.383. The monoisotopic (exact) mass is 399 g/mol. The molecule has 0 aliphatic carbocycles. The molecule has 0 radical (unpaired) electrons. The molecule has 0 saturated heterocycles. The molecule has 0 fully saturated rings. The number of nitrogens with two attached hydrogens (primary N) is 1. The zero-order chi connectivity index (χ0) is 21.4. The maximum absolute atomic E-state index is 13.9. The number of para-hydroxylation sites is 1. The molecule has 5 nitrogen and oxygen atoms in total. The molecule has 0 unspecified atom stereocenters. The van der Waals surface area contributed by atoms with Crippen LogP contribution < -0.4 is 10.5 Å². The lowest BCUT2D eigenvalue weighted by Gasteiger charge is -2.13. The van der Waals surface area contributed by atoms with Crippen LogP contribution in [0.3, 0.4) is 0 Å². The van der Waals surface area contributed by atoms with Crippen molar-refractivity contribution in [3.8, 4) is 5.75 Å². The summed E-state index contributed by atoms with van der Waals surface area (Å²) < 4.78 is 24.8. The van der Waals surface area contributed by atoms with Gasteiger partial charge in [0.2, 0.25) is 0 Å². The van der Waals surface area contributed by atoms with Crippen molar-refractivity contribution in [3.63, 3.8) is 0 Å². The van der Waals surface area contributed by atoms with Crippen molar-refractivity contribution >= 4 is 11.5 Å². The summed E-state index contributed by atoms with van der Waals surface area (Å²) in [5, 5.41) is 10.1. The van der Waals surface area contributed by atoms with Crippen molar-refractivity contribution in [2.45, 2.75) is 33.7 Å². The zero-order valence-corrected chi connectivity index (χ0v) is 16.9. The molecule has 29 heavy (non-hydrogen) atoms. The standard InChI is InChI=1S/C23H26FNO4/c1-4-28-23(27)13-18-7-5-6-8-22(18)29-15(2)9-21(16(3)26)19-10-17(14-25)11-20(24)12-19/h5-12,26H,4,13-14,25H2,1-3H3/b15-9+,21-16-. The van der Waals surface area contributed by atoms with E-state index in [9.17, 15) is 14.3 Å². The highest BCUT2D eigenvalue weighted by molar-refractivity contribution is 5.76. The second-order valence-corrected chi connectivity index (χ2v) is 6.50. The SMILES string of the molecule is CCOC(=O)Cc1ccccc1O/C(C)=C/C(=C(\C)O)c1cc(F)cc(CN)c1. The molecule has 0 atom stereocenters. The fourth-order valence-corrected chi connectivity index (χ4v) is 2.84. The predicted molar refractivity (Wildman–Crippen MR) is 111 cm³/mol. The molecule has 0 amide bonds. The van der Waals surface area contributed by atoms with E-state index in [4.69, 9.17) is 15.2 Å². The van der Waals surface area contributed by atoms with Crippen molar-refractivity contribution < 1.29 is 23.8 Å². The van der Waals surface area contributed by atoms with Crippen molar-refractivity contribution in [3.05, 3.63) is 82.6 Å². The number of benzene rings is 2. The van der Waals surface area contributed by atoms with Crippen LogP contribution in [0.5, 0.6) is 5.75 Å². The van der Waals surface area contributed by atoms with Crippen LogP contribution in [-0.2, 0) is 22.5 Å². The molecule has 0 bridgehead atoms. The van der Waals surface area contributed by atoms with Gasteiger partial charge < -0.3 is 20.3 Å². The van der Waals surface area contributed by atoms with Crippen molar-refractivity contribution in [1.82, 2.24) is 0 Å². The minimum atomic E-state index is -0.437. The molecular weight excluding hydrogens is 373 g/mol. The Morgan fingerprint density at radius 2 is 1.93 bits per heavy atom. The summed E-state index contributed by atoms with van der Waals surface area (Å²) in [6.45, 7) is 5.47. The largest absolute Gasteiger partial charge is 0.512 e. The number of esters is 1. The highest BCUT2D eigenvalue weighted by Gasteiger charge is 2.12. The van der Waals surface area contributed by atoms with E-state index >= 15 is 0 Å². The van der Waals surface area contributed by atoms with Gasteiger partial charge in [0.15, 0.2) is 0 Å². The Hall–Kier alpha value is -3.12. The van der Waals surface area contributed by atoms with Gasteiger partial charge in [-0.3, -0.25) is 4.79 Å². The third kappa shape index (κ3) is 6.47. The van der Waals surface area contributed by atoms with E-state index in [2.05, 4.69) is 0 Å². The third-order valence-electron chi connectivity index (χ3n) is 4.13. The number of rotatable bonds is 8. The molecule has 0 aromatic heterocycles. The molecular formula is C23H26FNO4. The maximum atomic E-state index is 13.9. The predicted octanol–water partition coefficient (Wildman–Crippen LogP) is 4.66. The maximum Gasteiger partial charge on any atom is 0.310 e. The first-order valence-corrected chi connectivity index (χ1v) is 9.33. The molecule has 6 heteroatoms. The second kappa shape index (κ2) is 10.4. The average molecular weight is 399 g/mol. The number of hydrogen-bond acceptors (Lipinski definition) is 5. The van der Waals surface area contributed by atoms with E-state index in [1.54, 1.807) is 44.2 Å². The molecule has 0 saturated carbocycles. The number of carbonyl (C=O) groups excluding carboxylic acids is 1. The third-order valence-corrected chi connectivity index (χ3v) is 4.13. The molecule has 154 valence electrons. The highest BCUT2D eigenvalue weighted by Crippen LogP contribution is 2.26. The topological polar surface area (TPSA) is 81.8 Å². The van der Waals surface area contributed by atoms with Crippen LogP contribution in [0.4, 0.5) is 4.39 Å². The summed E-state index contributed by atoms with van der Waals surface area (Å²) in [6.07, 6.45) is 1.70. The van der Waals surface area contributed by atoms with Crippen LogP contribution in [0, 0.1) is 5.82 Å². The van der Waals surface area contributed by atoms with Crippen LogP contribution in [0.1, 0.15) is 37.5 Å².